The molecule has 4 heterocycles. The van der Waals surface area contributed by atoms with Crippen LogP contribution >= 0.6 is 0 Å². The molecule has 1 aliphatic heterocycles. The second kappa shape index (κ2) is 9.05. The number of anilines is 1. The maximum absolute atomic E-state index is 13.8. The molecule has 0 spiro atoms. The summed E-state index contributed by atoms with van der Waals surface area (Å²) in [5.74, 6) is 2.07. The number of rotatable bonds is 6. The van der Waals surface area contributed by atoms with Gasteiger partial charge in [0.05, 0.1) is 5.56 Å². The zero-order chi connectivity index (χ0) is 22.9. The van der Waals surface area contributed by atoms with Gasteiger partial charge in [-0.2, -0.15) is 18.3 Å². The minimum atomic E-state index is -4.54. The number of nitrogens with two attached hydrogens (primary N) is 1. The second-order valence-electron chi connectivity index (χ2n) is 9.00. The number of hydrogen-bond donors (Lipinski definition) is 2. The molecule has 9 heteroatoms. The smallest absolute Gasteiger partial charge is 0.356 e. The summed E-state index contributed by atoms with van der Waals surface area (Å²) in [4.78, 5) is 10.8. The highest BCUT2D eigenvalue weighted by molar-refractivity contribution is 5.90. The molecule has 0 bridgehead atoms. The summed E-state index contributed by atoms with van der Waals surface area (Å²) in [6.45, 7) is 6.57. The van der Waals surface area contributed by atoms with Crippen molar-refractivity contribution in [2.45, 2.75) is 39.3 Å². The van der Waals surface area contributed by atoms with Crippen molar-refractivity contribution in [2.24, 2.45) is 23.5 Å². The summed E-state index contributed by atoms with van der Waals surface area (Å²) in [5.41, 5.74) is 5.46. The van der Waals surface area contributed by atoms with Crippen LogP contribution in [0.1, 0.15) is 38.7 Å². The lowest BCUT2D eigenvalue weighted by atomic mass is 9.78. The molecular weight excluding hydrogens is 417 g/mol. The van der Waals surface area contributed by atoms with Gasteiger partial charge in [-0.1, -0.05) is 13.8 Å². The Labute approximate surface area is 185 Å². The van der Waals surface area contributed by atoms with Crippen LogP contribution < -0.4 is 10.6 Å². The minimum Gasteiger partial charge on any atom is -0.356 e. The molecule has 6 nitrogen and oxygen atoms in total. The van der Waals surface area contributed by atoms with Gasteiger partial charge in [0, 0.05) is 24.7 Å². The van der Waals surface area contributed by atoms with Gasteiger partial charge in [0.15, 0.2) is 5.65 Å². The number of aromatic amines is 1. The molecule has 1 aliphatic rings. The molecule has 0 aromatic carbocycles. The zero-order valence-corrected chi connectivity index (χ0v) is 18.4. The first-order valence-corrected chi connectivity index (χ1v) is 11.1. The van der Waals surface area contributed by atoms with Crippen molar-refractivity contribution in [3.63, 3.8) is 0 Å². The van der Waals surface area contributed by atoms with E-state index in [2.05, 4.69) is 38.9 Å². The van der Waals surface area contributed by atoms with Gasteiger partial charge in [-0.15, -0.1) is 0 Å². The Hall–Kier alpha value is -2.68. The van der Waals surface area contributed by atoms with E-state index in [0.717, 1.165) is 38.4 Å². The lowest BCUT2D eigenvalue weighted by Crippen LogP contribution is -2.42. The summed E-state index contributed by atoms with van der Waals surface area (Å²) in [6, 6.07) is 5.98. The Kier molecular flexibility index (Phi) is 6.37. The van der Waals surface area contributed by atoms with Gasteiger partial charge in [-0.25, -0.2) is 9.97 Å². The Morgan fingerprint density at radius 1 is 1.19 bits per heavy atom. The van der Waals surface area contributed by atoms with E-state index in [1.165, 1.54) is 6.07 Å². The number of alkyl halides is 3. The van der Waals surface area contributed by atoms with Crippen molar-refractivity contribution in [1.29, 1.82) is 0 Å². The fourth-order valence-corrected chi connectivity index (χ4v) is 4.82. The van der Waals surface area contributed by atoms with E-state index in [9.17, 15) is 13.2 Å². The molecule has 4 rings (SSSR count). The minimum absolute atomic E-state index is 0.166. The lowest BCUT2D eigenvalue weighted by molar-refractivity contribution is -0.137. The van der Waals surface area contributed by atoms with E-state index < -0.39 is 11.7 Å². The predicted octanol–water partition coefficient (Wildman–Crippen LogP) is 4.88. The van der Waals surface area contributed by atoms with E-state index in [-0.39, 0.29) is 11.4 Å². The molecule has 0 saturated carbocycles. The van der Waals surface area contributed by atoms with E-state index >= 15 is 0 Å². The Morgan fingerprint density at radius 3 is 2.72 bits per heavy atom. The van der Waals surface area contributed by atoms with Crippen LogP contribution in [0.5, 0.6) is 0 Å². The lowest BCUT2D eigenvalue weighted by Gasteiger charge is -2.40. The van der Waals surface area contributed by atoms with Crippen molar-refractivity contribution < 1.29 is 13.2 Å². The average molecular weight is 447 g/mol. The first kappa shape index (κ1) is 22.5. The molecule has 32 heavy (non-hydrogen) atoms. The Balaban J connectivity index is 1.72. The monoisotopic (exact) mass is 446 g/mol. The number of pyridine rings is 2. The summed E-state index contributed by atoms with van der Waals surface area (Å²) in [7, 11) is 0. The van der Waals surface area contributed by atoms with Crippen LogP contribution in [0.3, 0.4) is 0 Å². The fraction of sp³-hybridized carbons (Fsp3) is 0.522. The van der Waals surface area contributed by atoms with Crippen LogP contribution in [0, 0.1) is 17.8 Å². The molecule has 0 aliphatic carbocycles. The number of aromatic nitrogens is 4. The third-order valence-electron chi connectivity index (χ3n) is 6.27. The van der Waals surface area contributed by atoms with Gasteiger partial charge in [0.25, 0.3) is 0 Å². The molecule has 1 saturated heterocycles. The molecule has 2 unspecified atom stereocenters. The van der Waals surface area contributed by atoms with E-state index in [1.807, 2.05) is 0 Å². The first-order chi connectivity index (χ1) is 15.3. The quantitative estimate of drug-likeness (QED) is 0.564. The third kappa shape index (κ3) is 4.57. The fourth-order valence-electron chi connectivity index (χ4n) is 4.82. The molecule has 1 fully saturated rings. The molecule has 0 amide bonds. The van der Waals surface area contributed by atoms with Gasteiger partial charge in [0.2, 0.25) is 0 Å². The summed E-state index contributed by atoms with van der Waals surface area (Å²) in [6.07, 6.45) is 0.0250. The van der Waals surface area contributed by atoms with Crippen LogP contribution in [-0.2, 0) is 6.18 Å². The largest absolute Gasteiger partial charge is 0.418 e. The molecular formula is C23H29F3N6. The van der Waals surface area contributed by atoms with E-state index in [4.69, 9.17) is 5.73 Å². The summed E-state index contributed by atoms with van der Waals surface area (Å²) in [5, 5.41) is 7.37. The molecule has 3 aromatic heterocycles. The van der Waals surface area contributed by atoms with Gasteiger partial charge in [0.1, 0.15) is 17.2 Å². The van der Waals surface area contributed by atoms with Gasteiger partial charge >= 0.3 is 6.18 Å². The number of H-pyrrole nitrogens is 1. The van der Waals surface area contributed by atoms with Crippen LogP contribution in [-0.4, -0.2) is 39.8 Å². The van der Waals surface area contributed by atoms with Crippen molar-refractivity contribution in [3.05, 3.63) is 36.0 Å². The molecule has 0 radical (unpaired) electrons. The van der Waals surface area contributed by atoms with Gasteiger partial charge < -0.3 is 10.6 Å². The predicted molar refractivity (Wildman–Crippen MR) is 119 cm³/mol. The normalized spacial score (nSPS) is 19.8. The number of hydrogen-bond acceptors (Lipinski definition) is 5. The summed E-state index contributed by atoms with van der Waals surface area (Å²) < 4.78 is 41.5. The van der Waals surface area contributed by atoms with Gasteiger partial charge in [-0.3, -0.25) is 5.10 Å². The topological polar surface area (TPSA) is 83.7 Å². The second-order valence-corrected chi connectivity index (χ2v) is 9.00. The Bertz CT molecular complexity index is 1060. The number of fused-ring (bicyclic) bond motifs is 1. The standard InChI is InChI=1S/C23H29F3N6/c1-14(2)12-16-13-32(11-8-15(16)7-9-27)19-6-5-18(23(24,25)26)21(29-19)20-17-4-3-10-28-22(17)31-30-20/h3-6,10,14-16H,7-9,11-13,27H2,1-2H3,(H,28,30,31). The molecule has 2 atom stereocenters. The highest BCUT2D eigenvalue weighted by atomic mass is 19.4. The van der Waals surface area contributed by atoms with Crippen LogP contribution in [0.25, 0.3) is 22.4 Å². The highest BCUT2D eigenvalue weighted by Gasteiger charge is 2.37. The Morgan fingerprint density at radius 2 is 2.00 bits per heavy atom. The highest BCUT2D eigenvalue weighted by Crippen LogP contribution is 2.39. The van der Waals surface area contributed by atoms with E-state index in [1.54, 1.807) is 18.3 Å². The molecule has 3 N–H and O–H groups in total. The molecule has 3 aromatic rings. The SMILES string of the molecule is CC(C)CC1CN(c2ccc(C(F)(F)F)c(-c3n[nH]c4ncccc34)n2)CCC1CCN. The van der Waals surface area contributed by atoms with Crippen LogP contribution in [0.2, 0.25) is 0 Å². The third-order valence-corrected chi connectivity index (χ3v) is 6.27. The van der Waals surface area contributed by atoms with Crippen molar-refractivity contribution in [1.82, 2.24) is 20.2 Å². The van der Waals surface area contributed by atoms with Crippen LogP contribution in [0.4, 0.5) is 19.0 Å². The number of nitrogens with one attached hydrogen (secondary N) is 1. The zero-order valence-electron chi connectivity index (χ0n) is 18.4. The average Bonchev–Trinajstić information content (AvgIpc) is 3.18. The van der Waals surface area contributed by atoms with Crippen LogP contribution in [0.15, 0.2) is 30.5 Å². The van der Waals surface area contributed by atoms with Crippen molar-refractivity contribution >= 4 is 16.9 Å². The maximum Gasteiger partial charge on any atom is 0.418 e. The van der Waals surface area contributed by atoms with Crippen molar-refractivity contribution in [3.8, 4) is 11.4 Å². The summed E-state index contributed by atoms with van der Waals surface area (Å²) >= 11 is 0. The first-order valence-electron chi connectivity index (χ1n) is 11.1. The van der Waals surface area contributed by atoms with Gasteiger partial charge in [-0.05, 0) is 67.8 Å². The number of halogens is 3. The van der Waals surface area contributed by atoms with Crippen molar-refractivity contribution in [2.75, 3.05) is 24.5 Å². The number of nitrogens with zero attached hydrogens (tertiary/aromatic N) is 4. The van der Waals surface area contributed by atoms with E-state index in [0.29, 0.717) is 41.1 Å². The molecule has 172 valence electrons. The number of piperidine rings is 1. The maximum atomic E-state index is 13.8.